The van der Waals surface area contributed by atoms with Gasteiger partial charge in [0.05, 0.1) is 0 Å². The van der Waals surface area contributed by atoms with Crippen LogP contribution in [0.15, 0.2) is 48.5 Å². The van der Waals surface area contributed by atoms with E-state index in [1.54, 1.807) is 0 Å². The highest BCUT2D eigenvalue weighted by molar-refractivity contribution is 6.31. The molecule has 1 aliphatic rings. The minimum absolute atomic E-state index is 0.245. The summed E-state index contributed by atoms with van der Waals surface area (Å²) in [5, 5.41) is 8.23. The quantitative estimate of drug-likeness (QED) is 0.643. The van der Waals surface area contributed by atoms with Crippen LogP contribution in [-0.2, 0) is 9.59 Å². The van der Waals surface area contributed by atoms with Crippen LogP contribution in [-0.4, -0.2) is 34.7 Å². The fraction of sp³-hybridized carbons (Fsp3) is 0.200. The average molecular weight is 434 g/mol. The highest BCUT2D eigenvalue weighted by atomic mass is 35.5. The van der Waals surface area contributed by atoms with Crippen LogP contribution in [0.25, 0.3) is 0 Å². The van der Waals surface area contributed by atoms with Gasteiger partial charge in [0, 0.05) is 21.2 Å². The Morgan fingerprint density at radius 1 is 0.724 bits per heavy atom. The summed E-state index contributed by atoms with van der Waals surface area (Å²) in [7, 11) is 0. The molecule has 1 heterocycles. The lowest BCUT2D eigenvalue weighted by Crippen LogP contribution is -2.70. The molecule has 0 radical (unpaired) electrons. The van der Waals surface area contributed by atoms with Crippen LogP contribution in [0.4, 0.5) is 0 Å². The number of hydrogen-bond donors (Lipinski definition) is 3. The highest BCUT2D eigenvalue weighted by Gasteiger charge is 2.62. The van der Waals surface area contributed by atoms with E-state index < -0.39 is 34.7 Å². The van der Waals surface area contributed by atoms with Crippen LogP contribution in [0, 0.1) is 0 Å². The zero-order valence-electron chi connectivity index (χ0n) is 15.5. The summed E-state index contributed by atoms with van der Waals surface area (Å²) in [6.45, 7) is 2.76. The molecule has 0 aliphatic carbocycles. The van der Waals surface area contributed by atoms with Crippen molar-refractivity contribution in [3.05, 3.63) is 69.7 Å². The summed E-state index contributed by atoms with van der Waals surface area (Å²) in [4.78, 5) is 50.5. The van der Waals surface area contributed by atoms with Crippen molar-refractivity contribution >= 4 is 46.8 Å². The Morgan fingerprint density at radius 2 is 1.03 bits per heavy atom. The molecule has 29 heavy (non-hydrogen) atoms. The zero-order chi connectivity index (χ0) is 21.4. The molecule has 7 nitrogen and oxygen atoms in total. The maximum absolute atomic E-state index is 12.7. The van der Waals surface area contributed by atoms with E-state index in [0.717, 1.165) is 0 Å². The summed E-state index contributed by atoms with van der Waals surface area (Å²) < 4.78 is 0. The maximum Gasteiger partial charge on any atom is 0.255 e. The van der Waals surface area contributed by atoms with E-state index >= 15 is 0 Å². The second-order valence-corrected chi connectivity index (χ2v) is 7.83. The molecular weight excluding hydrogens is 417 g/mol. The fourth-order valence-corrected chi connectivity index (χ4v) is 3.22. The number of carbonyl (C=O) groups is 4. The van der Waals surface area contributed by atoms with Crippen LogP contribution in [0.5, 0.6) is 0 Å². The van der Waals surface area contributed by atoms with Crippen molar-refractivity contribution in [2.24, 2.45) is 0 Å². The van der Waals surface area contributed by atoms with E-state index in [2.05, 4.69) is 16.0 Å². The van der Waals surface area contributed by atoms with Crippen molar-refractivity contribution in [3.63, 3.8) is 0 Å². The fourth-order valence-electron chi connectivity index (χ4n) is 2.97. The lowest BCUT2D eigenvalue weighted by atomic mass is 9.80. The number of benzene rings is 2. The Hall–Kier alpha value is -2.90. The van der Waals surface area contributed by atoms with E-state index in [-0.39, 0.29) is 11.1 Å². The van der Waals surface area contributed by atoms with Gasteiger partial charge >= 0.3 is 0 Å². The summed E-state index contributed by atoms with van der Waals surface area (Å²) in [5.41, 5.74) is -2.98. The number of imide groups is 1. The summed E-state index contributed by atoms with van der Waals surface area (Å²) in [6, 6.07) is 12.1. The molecule has 150 valence electrons. The van der Waals surface area contributed by atoms with Crippen LogP contribution in [0.2, 0.25) is 10.0 Å². The molecule has 2 aromatic rings. The molecular formula is C20H17Cl2N3O4. The molecule has 1 aliphatic heterocycles. The van der Waals surface area contributed by atoms with Gasteiger partial charge in [0.25, 0.3) is 23.6 Å². The van der Waals surface area contributed by atoms with Crippen molar-refractivity contribution < 1.29 is 19.2 Å². The number of hydrogen-bond acceptors (Lipinski definition) is 4. The zero-order valence-corrected chi connectivity index (χ0v) is 17.0. The Balaban J connectivity index is 1.90. The molecule has 0 saturated carbocycles. The van der Waals surface area contributed by atoms with Crippen LogP contribution in [0.1, 0.15) is 34.6 Å². The van der Waals surface area contributed by atoms with Gasteiger partial charge in [0.2, 0.25) is 0 Å². The van der Waals surface area contributed by atoms with E-state index in [4.69, 9.17) is 23.2 Å². The molecule has 0 aromatic heterocycles. The predicted molar refractivity (Wildman–Crippen MR) is 108 cm³/mol. The maximum atomic E-state index is 12.7. The second kappa shape index (κ2) is 7.50. The van der Waals surface area contributed by atoms with Crippen molar-refractivity contribution in [2.75, 3.05) is 0 Å². The normalized spacial score (nSPS) is 23.4. The van der Waals surface area contributed by atoms with Crippen molar-refractivity contribution in [3.8, 4) is 0 Å². The van der Waals surface area contributed by atoms with Crippen molar-refractivity contribution in [2.45, 2.75) is 24.9 Å². The number of nitrogens with one attached hydrogen (secondary N) is 3. The van der Waals surface area contributed by atoms with Crippen LogP contribution >= 0.6 is 23.2 Å². The third-order valence-corrected chi connectivity index (χ3v) is 5.58. The Labute approximate surface area is 176 Å². The smallest absolute Gasteiger partial charge is 0.255 e. The lowest BCUT2D eigenvalue weighted by molar-refractivity contribution is -0.126. The molecule has 3 rings (SSSR count). The number of amides is 4. The molecule has 1 saturated heterocycles. The molecule has 3 N–H and O–H groups in total. The van der Waals surface area contributed by atoms with Gasteiger partial charge < -0.3 is 10.6 Å². The molecule has 0 spiro atoms. The van der Waals surface area contributed by atoms with E-state index in [1.807, 2.05) is 0 Å². The minimum atomic E-state index is -1.73. The number of carbonyl (C=O) groups excluding carboxylic acids is 4. The minimum Gasteiger partial charge on any atom is -0.335 e. The molecule has 0 unspecified atom stereocenters. The largest absolute Gasteiger partial charge is 0.335 e. The molecule has 9 heteroatoms. The lowest BCUT2D eigenvalue weighted by Gasteiger charge is -2.37. The van der Waals surface area contributed by atoms with Crippen LogP contribution in [0.3, 0.4) is 0 Å². The molecule has 4 amide bonds. The molecule has 1 fully saturated rings. The van der Waals surface area contributed by atoms with Gasteiger partial charge in [-0.2, -0.15) is 0 Å². The topological polar surface area (TPSA) is 104 Å². The van der Waals surface area contributed by atoms with E-state index in [0.29, 0.717) is 10.0 Å². The summed E-state index contributed by atoms with van der Waals surface area (Å²) in [5.74, 6) is -2.66. The monoisotopic (exact) mass is 433 g/mol. The first kappa shape index (κ1) is 20.8. The molecule has 0 bridgehead atoms. The van der Waals surface area contributed by atoms with Gasteiger partial charge in [0.15, 0.2) is 0 Å². The van der Waals surface area contributed by atoms with Gasteiger partial charge in [-0.25, -0.2) is 0 Å². The van der Waals surface area contributed by atoms with E-state index in [9.17, 15) is 19.2 Å². The van der Waals surface area contributed by atoms with Gasteiger partial charge in [-0.3, -0.25) is 24.5 Å². The Morgan fingerprint density at radius 3 is 1.34 bits per heavy atom. The van der Waals surface area contributed by atoms with Gasteiger partial charge in [-0.1, -0.05) is 23.2 Å². The predicted octanol–water partition coefficient (Wildman–Crippen LogP) is 2.33. The first-order valence-electron chi connectivity index (χ1n) is 8.59. The summed E-state index contributed by atoms with van der Waals surface area (Å²) >= 11 is 11.7. The molecule has 2 aromatic carbocycles. The van der Waals surface area contributed by atoms with Gasteiger partial charge in [-0.05, 0) is 62.4 Å². The summed E-state index contributed by atoms with van der Waals surface area (Å²) in [6.07, 6.45) is 0. The third kappa shape index (κ3) is 3.71. The van der Waals surface area contributed by atoms with Crippen molar-refractivity contribution in [1.82, 2.24) is 16.0 Å². The highest BCUT2D eigenvalue weighted by Crippen LogP contribution is 2.29. The number of rotatable bonds is 4. The first-order valence-corrected chi connectivity index (χ1v) is 9.34. The van der Waals surface area contributed by atoms with Gasteiger partial charge in [-0.15, -0.1) is 0 Å². The van der Waals surface area contributed by atoms with Crippen LogP contribution < -0.4 is 16.0 Å². The second-order valence-electron chi connectivity index (χ2n) is 6.96. The van der Waals surface area contributed by atoms with Crippen molar-refractivity contribution in [1.29, 1.82) is 0 Å². The van der Waals surface area contributed by atoms with Gasteiger partial charge in [0.1, 0.15) is 11.1 Å². The Kier molecular flexibility index (Phi) is 5.38. The average Bonchev–Trinajstić information content (AvgIpc) is 2.83. The standard InChI is InChI=1S/C20H17Cl2N3O4/c1-19(24-15(26)11-3-7-13(21)8-4-11)17(28)23-18(29)20(19,2)25-16(27)12-5-9-14(22)10-6-12/h3-10H,1-2H3,(H,24,26)(H,25,27)(H,23,28,29)/t19-,20-/m0/s1. The molecule has 2 atom stereocenters. The first-order chi connectivity index (χ1) is 13.6. The SMILES string of the molecule is C[C@]1(NC(=O)c2ccc(Cl)cc2)C(=O)NC(=O)[C@]1(C)NC(=O)c1ccc(Cl)cc1. The number of halogens is 2. The Bertz CT molecular complexity index is 926. The third-order valence-electron chi connectivity index (χ3n) is 5.08. The van der Waals surface area contributed by atoms with E-state index in [1.165, 1.54) is 62.4 Å².